The quantitative estimate of drug-likeness (QED) is 0.652. The average molecular weight is 472 g/mol. The number of methoxy groups -OCH3 is 1. The molecule has 1 fully saturated rings. The van der Waals surface area contributed by atoms with Crippen molar-refractivity contribution in [2.75, 3.05) is 50.1 Å². The number of amides is 2. The van der Waals surface area contributed by atoms with Gasteiger partial charge in [-0.05, 0) is 55.5 Å². The maximum Gasteiger partial charge on any atom is 0.341 e. The van der Waals surface area contributed by atoms with E-state index in [0.717, 1.165) is 47.6 Å². The van der Waals surface area contributed by atoms with Gasteiger partial charge in [0.15, 0.2) is 6.61 Å². The van der Waals surface area contributed by atoms with Gasteiger partial charge in [0.2, 0.25) is 5.91 Å². The number of fused-ring (bicyclic) bond motifs is 1. The van der Waals surface area contributed by atoms with Crippen molar-refractivity contribution in [3.05, 3.63) is 40.3 Å². The lowest BCUT2D eigenvalue weighted by molar-refractivity contribution is -0.134. The zero-order chi connectivity index (χ0) is 23.4. The van der Waals surface area contributed by atoms with Crippen molar-refractivity contribution in [3.63, 3.8) is 0 Å². The number of carbonyl (C=O) groups excluding carboxylic acids is 3. The fraction of sp³-hybridized carbons (Fsp3) is 0.458. The number of carbonyl (C=O) groups is 3. The van der Waals surface area contributed by atoms with E-state index in [1.165, 1.54) is 18.3 Å². The minimum atomic E-state index is -0.539. The summed E-state index contributed by atoms with van der Waals surface area (Å²) in [4.78, 5) is 42.3. The van der Waals surface area contributed by atoms with Gasteiger partial charge in [-0.15, -0.1) is 11.3 Å². The van der Waals surface area contributed by atoms with E-state index < -0.39 is 5.97 Å². The lowest BCUT2D eigenvalue weighted by Gasteiger charge is -2.36. The summed E-state index contributed by atoms with van der Waals surface area (Å²) in [5.41, 5.74) is 2.46. The fourth-order valence-corrected chi connectivity index (χ4v) is 5.65. The Kier molecular flexibility index (Phi) is 7.17. The summed E-state index contributed by atoms with van der Waals surface area (Å²) >= 11 is 1.44. The van der Waals surface area contributed by atoms with Gasteiger partial charge < -0.3 is 24.6 Å². The van der Waals surface area contributed by atoms with Crippen LogP contribution in [0.3, 0.4) is 0 Å². The highest BCUT2D eigenvalue weighted by Gasteiger charge is 2.28. The van der Waals surface area contributed by atoms with Gasteiger partial charge in [0, 0.05) is 43.7 Å². The number of anilines is 2. The van der Waals surface area contributed by atoms with Crippen molar-refractivity contribution >= 4 is 39.8 Å². The number of ether oxygens (including phenoxy) is 2. The molecule has 2 aliphatic rings. The maximum atomic E-state index is 12.9. The van der Waals surface area contributed by atoms with Crippen LogP contribution in [0.5, 0.6) is 5.75 Å². The predicted molar refractivity (Wildman–Crippen MR) is 127 cm³/mol. The summed E-state index contributed by atoms with van der Waals surface area (Å²) in [5, 5.41) is 3.29. The molecule has 2 amide bonds. The molecule has 176 valence electrons. The Morgan fingerprint density at radius 3 is 2.39 bits per heavy atom. The molecule has 8 nitrogen and oxygen atoms in total. The second-order valence-electron chi connectivity index (χ2n) is 8.24. The number of hydrogen-bond acceptors (Lipinski definition) is 7. The molecule has 1 aromatic heterocycles. The Bertz CT molecular complexity index is 1030. The Labute approximate surface area is 197 Å². The first kappa shape index (κ1) is 23.1. The number of thiophene rings is 1. The summed E-state index contributed by atoms with van der Waals surface area (Å²) in [6, 6.07) is 7.86. The lowest BCUT2D eigenvalue weighted by Crippen LogP contribution is -2.49. The van der Waals surface area contributed by atoms with E-state index in [-0.39, 0.29) is 18.4 Å². The maximum absolute atomic E-state index is 12.9. The van der Waals surface area contributed by atoms with E-state index in [1.54, 1.807) is 12.0 Å². The highest BCUT2D eigenvalue weighted by atomic mass is 32.1. The Morgan fingerprint density at radius 2 is 1.73 bits per heavy atom. The van der Waals surface area contributed by atoms with E-state index in [9.17, 15) is 14.4 Å². The average Bonchev–Trinajstić information content (AvgIpc) is 3.19. The molecule has 9 heteroatoms. The van der Waals surface area contributed by atoms with Crippen molar-refractivity contribution in [2.24, 2.45) is 0 Å². The van der Waals surface area contributed by atoms with Gasteiger partial charge >= 0.3 is 5.97 Å². The molecule has 1 aliphatic heterocycles. The van der Waals surface area contributed by atoms with Gasteiger partial charge in [0.25, 0.3) is 5.91 Å². The second kappa shape index (κ2) is 10.2. The molecule has 0 radical (unpaired) electrons. The highest BCUT2D eigenvalue weighted by Crippen LogP contribution is 2.38. The molecule has 1 saturated heterocycles. The van der Waals surface area contributed by atoms with Crippen LogP contribution >= 0.6 is 11.3 Å². The third kappa shape index (κ3) is 5.30. The summed E-state index contributed by atoms with van der Waals surface area (Å²) in [7, 11) is 1.64. The van der Waals surface area contributed by atoms with Crippen LogP contribution in [0.15, 0.2) is 24.3 Å². The van der Waals surface area contributed by atoms with Crippen molar-refractivity contribution < 1.29 is 23.9 Å². The van der Waals surface area contributed by atoms with Crippen LogP contribution in [0, 0.1) is 0 Å². The molecule has 0 atom stereocenters. The topological polar surface area (TPSA) is 88.2 Å². The molecule has 2 heterocycles. The van der Waals surface area contributed by atoms with E-state index in [4.69, 9.17) is 9.47 Å². The van der Waals surface area contributed by atoms with E-state index in [0.29, 0.717) is 36.7 Å². The lowest BCUT2D eigenvalue weighted by atomic mass is 9.95. The number of nitrogens with zero attached hydrogens (tertiary/aromatic N) is 2. The van der Waals surface area contributed by atoms with Crippen LogP contribution < -0.4 is 15.0 Å². The predicted octanol–water partition coefficient (Wildman–Crippen LogP) is 3.10. The number of esters is 1. The summed E-state index contributed by atoms with van der Waals surface area (Å²) in [5.74, 6) is -0.164. The number of hydrogen-bond donors (Lipinski definition) is 1. The van der Waals surface area contributed by atoms with Gasteiger partial charge in [-0.25, -0.2) is 4.79 Å². The van der Waals surface area contributed by atoms with E-state index >= 15 is 0 Å². The third-order valence-corrected chi connectivity index (χ3v) is 7.27. The molecule has 1 N–H and O–H groups in total. The van der Waals surface area contributed by atoms with Gasteiger partial charge in [-0.2, -0.15) is 0 Å². The van der Waals surface area contributed by atoms with Gasteiger partial charge in [-0.1, -0.05) is 0 Å². The van der Waals surface area contributed by atoms with Crippen molar-refractivity contribution in [2.45, 2.75) is 32.6 Å². The van der Waals surface area contributed by atoms with Crippen LogP contribution in [0.1, 0.15) is 40.6 Å². The Hall–Kier alpha value is -3.07. The minimum absolute atomic E-state index is 0.206. The van der Waals surface area contributed by atoms with E-state index in [2.05, 4.69) is 10.2 Å². The normalized spacial score (nSPS) is 15.6. The number of nitrogens with one attached hydrogen (secondary N) is 1. The second-order valence-corrected chi connectivity index (χ2v) is 9.34. The number of benzene rings is 1. The van der Waals surface area contributed by atoms with Crippen molar-refractivity contribution in [1.82, 2.24) is 4.90 Å². The zero-order valence-electron chi connectivity index (χ0n) is 19.0. The van der Waals surface area contributed by atoms with Gasteiger partial charge in [0.05, 0.1) is 12.7 Å². The molecule has 2 aromatic rings. The zero-order valence-corrected chi connectivity index (χ0v) is 19.8. The molecule has 0 bridgehead atoms. The third-order valence-electron chi connectivity index (χ3n) is 6.06. The summed E-state index contributed by atoms with van der Waals surface area (Å²) < 4.78 is 10.6. The first-order chi connectivity index (χ1) is 16.0. The van der Waals surface area contributed by atoms with E-state index in [1.807, 2.05) is 24.3 Å². The minimum Gasteiger partial charge on any atom is -0.497 e. The first-order valence-electron chi connectivity index (χ1n) is 11.2. The molecule has 33 heavy (non-hydrogen) atoms. The number of piperazine rings is 1. The fourth-order valence-electron chi connectivity index (χ4n) is 4.33. The Morgan fingerprint density at radius 1 is 1.03 bits per heavy atom. The first-order valence-corrected chi connectivity index (χ1v) is 12.0. The molecular formula is C24H29N3O5S. The molecule has 4 rings (SSSR count). The van der Waals surface area contributed by atoms with Crippen LogP contribution in [0.25, 0.3) is 0 Å². The summed E-state index contributed by atoms with van der Waals surface area (Å²) in [6.07, 6.45) is 3.76. The SMILES string of the molecule is COc1ccc(N2CCN(C(=O)COC(=O)c3c(NC(C)=O)sc4c3CCCC4)CC2)cc1. The molecule has 1 aliphatic carbocycles. The monoisotopic (exact) mass is 471 g/mol. The molecule has 0 spiro atoms. The largest absolute Gasteiger partial charge is 0.497 e. The van der Waals surface area contributed by atoms with Crippen LogP contribution in [-0.2, 0) is 27.2 Å². The highest BCUT2D eigenvalue weighted by molar-refractivity contribution is 7.17. The molecular weight excluding hydrogens is 442 g/mol. The summed E-state index contributed by atoms with van der Waals surface area (Å²) in [6.45, 7) is 3.66. The number of rotatable bonds is 6. The molecule has 1 aromatic carbocycles. The number of aryl methyl sites for hydroxylation is 1. The van der Waals surface area contributed by atoms with Crippen molar-refractivity contribution in [1.29, 1.82) is 0 Å². The molecule has 0 unspecified atom stereocenters. The van der Waals surface area contributed by atoms with Gasteiger partial charge in [0.1, 0.15) is 10.8 Å². The van der Waals surface area contributed by atoms with Crippen molar-refractivity contribution in [3.8, 4) is 5.75 Å². The van der Waals surface area contributed by atoms with Crippen LogP contribution in [0.2, 0.25) is 0 Å². The smallest absolute Gasteiger partial charge is 0.341 e. The molecule has 0 saturated carbocycles. The van der Waals surface area contributed by atoms with Crippen LogP contribution in [0.4, 0.5) is 10.7 Å². The van der Waals surface area contributed by atoms with Crippen LogP contribution in [-0.4, -0.2) is 62.6 Å². The van der Waals surface area contributed by atoms with Gasteiger partial charge in [-0.3, -0.25) is 9.59 Å². The Balaban J connectivity index is 1.33. The standard InChI is InChI=1S/C24H29N3O5S/c1-16(28)25-23-22(19-5-3-4-6-20(19)33-23)24(30)32-15-21(29)27-13-11-26(12-14-27)17-7-9-18(31-2)10-8-17/h7-10H,3-6,11-15H2,1-2H3,(H,25,28).